The summed E-state index contributed by atoms with van der Waals surface area (Å²) in [5.41, 5.74) is 8.51. The van der Waals surface area contributed by atoms with Crippen molar-refractivity contribution in [2.75, 3.05) is 0 Å². The molecule has 78 valence electrons. The summed E-state index contributed by atoms with van der Waals surface area (Å²) >= 11 is 0. The van der Waals surface area contributed by atoms with Gasteiger partial charge in [0.25, 0.3) is 0 Å². The molecule has 0 radical (unpaired) electrons. The van der Waals surface area contributed by atoms with Gasteiger partial charge in [-0.2, -0.15) is 5.10 Å². The number of nitrogens with two attached hydrogens (primary N) is 1. The number of hydrogen-bond donors (Lipinski definition) is 1. The van der Waals surface area contributed by atoms with Crippen LogP contribution in [-0.2, 0) is 18.0 Å². The van der Waals surface area contributed by atoms with Crippen molar-refractivity contribution in [3.63, 3.8) is 0 Å². The second-order valence-electron chi connectivity index (χ2n) is 5.44. The fraction of sp³-hybridized carbons (Fsp3) is 0.727. The molecule has 1 aliphatic rings. The van der Waals surface area contributed by atoms with E-state index >= 15 is 0 Å². The lowest BCUT2D eigenvalue weighted by Gasteiger charge is -2.13. The van der Waals surface area contributed by atoms with Gasteiger partial charge in [0.2, 0.25) is 0 Å². The molecule has 2 rings (SSSR count). The van der Waals surface area contributed by atoms with Crippen molar-refractivity contribution in [3.05, 3.63) is 17.5 Å². The molecule has 0 atom stereocenters. The average Bonchev–Trinajstić information content (AvgIpc) is 2.60. The van der Waals surface area contributed by atoms with E-state index < -0.39 is 0 Å². The number of nitrogens with zero attached hydrogens (tertiary/aromatic N) is 2. The number of hydrogen-bond acceptors (Lipinski definition) is 2. The van der Waals surface area contributed by atoms with Crippen LogP contribution in [0.25, 0.3) is 0 Å². The van der Waals surface area contributed by atoms with Gasteiger partial charge in [0.1, 0.15) is 0 Å². The summed E-state index contributed by atoms with van der Waals surface area (Å²) in [6, 6.07) is 2.16. The summed E-state index contributed by atoms with van der Waals surface area (Å²) in [6.07, 6.45) is 2.19. The molecular weight excluding hydrogens is 174 g/mol. The van der Waals surface area contributed by atoms with E-state index in [1.807, 2.05) is 11.7 Å². The predicted octanol–water partition coefficient (Wildman–Crippen LogP) is 1.67. The van der Waals surface area contributed by atoms with Crippen LogP contribution in [0, 0.1) is 0 Å². The van der Waals surface area contributed by atoms with Gasteiger partial charge in [-0.25, -0.2) is 0 Å². The van der Waals surface area contributed by atoms with Crippen LogP contribution in [0.3, 0.4) is 0 Å². The van der Waals surface area contributed by atoms with Gasteiger partial charge in [-0.3, -0.25) is 4.68 Å². The maximum absolute atomic E-state index is 6.16. The Morgan fingerprint density at radius 3 is 2.36 bits per heavy atom. The number of aryl methyl sites for hydroxylation is 1. The quantitative estimate of drug-likeness (QED) is 0.737. The molecule has 0 unspecified atom stereocenters. The summed E-state index contributed by atoms with van der Waals surface area (Å²) < 4.78 is 1.94. The van der Waals surface area contributed by atoms with E-state index in [2.05, 4.69) is 31.9 Å². The monoisotopic (exact) mass is 193 g/mol. The van der Waals surface area contributed by atoms with Crippen LogP contribution in [0.5, 0.6) is 0 Å². The zero-order valence-electron chi connectivity index (χ0n) is 9.46. The van der Waals surface area contributed by atoms with Crippen LogP contribution < -0.4 is 5.73 Å². The Bertz CT molecular complexity index is 353. The minimum atomic E-state index is -0.0781. The fourth-order valence-corrected chi connectivity index (χ4v) is 1.69. The van der Waals surface area contributed by atoms with Crippen molar-refractivity contribution >= 4 is 0 Å². The maximum atomic E-state index is 6.16. The molecule has 1 saturated carbocycles. The van der Waals surface area contributed by atoms with Crippen LogP contribution in [0.4, 0.5) is 0 Å². The highest BCUT2D eigenvalue weighted by atomic mass is 15.3. The first-order valence-electron chi connectivity index (χ1n) is 5.17. The Morgan fingerprint density at radius 1 is 1.43 bits per heavy atom. The Hall–Kier alpha value is -0.830. The van der Waals surface area contributed by atoms with Gasteiger partial charge < -0.3 is 5.73 Å². The van der Waals surface area contributed by atoms with Gasteiger partial charge in [-0.1, -0.05) is 20.8 Å². The van der Waals surface area contributed by atoms with Crippen molar-refractivity contribution in [1.82, 2.24) is 9.78 Å². The molecule has 0 saturated heterocycles. The molecule has 1 aliphatic carbocycles. The minimum Gasteiger partial charge on any atom is -0.320 e. The van der Waals surface area contributed by atoms with Crippen molar-refractivity contribution < 1.29 is 0 Å². The summed E-state index contributed by atoms with van der Waals surface area (Å²) in [6.45, 7) is 6.53. The van der Waals surface area contributed by atoms with Crippen LogP contribution in [0.2, 0.25) is 0 Å². The van der Waals surface area contributed by atoms with Gasteiger partial charge in [0.05, 0.1) is 16.9 Å². The van der Waals surface area contributed by atoms with Crippen LogP contribution in [0.1, 0.15) is 45.0 Å². The third-order valence-electron chi connectivity index (χ3n) is 2.95. The number of aromatic nitrogens is 2. The SMILES string of the molecule is Cn1nc(C(C)(C)C)cc1C1(N)CC1. The normalized spacial score (nSPS) is 19.8. The second-order valence-corrected chi connectivity index (χ2v) is 5.44. The van der Waals surface area contributed by atoms with Gasteiger partial charge in [0, 0.05) is 12.5 Å². The second kappa shape index (κ2) is 2.60. The first-order chi connectivity index (χ1) is 6.33. The molecule has 0 aliphatic heterocycles. The van der Waals surface area contributed by atoms with Gasteiger partial charge in [0.15, 0.2) is 0 Å². The lowest BCUT2D eigenvalue weighted by molar-refractivity contribution is 0.546. The summed E-state index contributed by atoms with van der Waals surface area (Å²) in [5.74, 6) is 0. The predicted molar refractivity (Wildman–Crippen MR) is 57.0 cm³/mol. The molecule has 0 bridgehead atoms. The lowest BCUT2D eigenvalue weighted by Crippen LogP contribution is -2.22. The highest BCUT2D eigenvalue weighted by Gasteiger charge is 2.43. The molecule has 1 aromatic rings. The molecule has 1 heterocycles. The van der Waals surface area contributed by atoms with Gasteiger partial charge in [-0.15, -0.1) is 0 Å². The van der Waals surface area contributed by atoms with Crippen LogP contribution >= 0.6 is 0 Å². The zero-order valence-corrected chi connectivity index (χ0v) is 9.46. The largest absolute Gasteiger partial charge is 0.320 e. The first-order valence-corrected chi connectivity index (χ1v) is 5.17. The molecule has 0 aromatic carbocycles. The van der Waals surface area contributed by atoms with Gasteiger partial charge in [-0.05, 0) is 18.9 Å². The highest BCUT2D eigenvalue weighted by Crippen LogP contribution is 2.43. The van der Waals surface area contributed by atoms with E-state index in [-0.39, 0.29) is 11.0 Å². The van der Waals surface area contributed by atoms with E-state index in [1.54, 1.807) is 0 Å². The smallest absolute Gasteiger partial charge is 0.0681 e. The van der Waals surface area contributed by atoms with E-state index in [0.717, 1.165) is 18.5 Å². The Balaban J connectivity index is 2.40. The van der Waals surface area contributed by atoms with Crippen molar-refractivity contribution in [3.8, 4) is 0 Å². The average molecular weight is 193 g/mol. The number of rotatable bonds is 1. The van der Waals surface area contributed by atoms with Crippen molar-refractivity contribution in [1.29, 1.82) is 0 Å². The zero-order chi connectivity index (χ0) is 10.6. The van der Waals surface area contributed by atoms with E-state index in [0.29, 0.717) is 0 Å². The van der Waals surface area contributed by atoms with Crippen LogP contribution in [-0.4, -0.2) is 9.78 Å². The maximum Gasteiger partial charge on any atom is 0.0681 e. The molecule has 14 heavy (non-hydrogen) atoms. The summed E-state index contributed by atoms with van der Waals surface area (Å²) in [7, 11) is 1.98. The van der Waals surface area contributed by atoms with Crippen molar-refractivity contribution in [2.45, 2.75) is 44.6 Å². The van der Waals surface area contributed by atoms with E-state index in [9.17, 15) is 0 Å². The highest BCUT2D eigenvalue weighted by molar-refractivity contribution is 5.27. The first kappa shape index (κ1) is 9.71. The van der Waals surface area contributed by atoms with Crippen LogP contribution in [0.15, 0.2) is 6.07 Å². The molecule has 3 nitrogen and oxygen atoms in total. The Labute approximate surface area is 85.3 Å². The Morgan fingerprint density at radius 2 is 2.00 bits per heavy atom. The Kier molecular flexibility index (Phi) is 1.80. The third-order valence-corrected chi connectivity index (χ3v) is 2.95. The topological polar surface area (TPSA) is 43.8 Å². The molecule has 3 heteroatoms. The molecule has 0 spiro atoms. The summed E-state index contributed by atoms with van der Waals surface area (Å²) in [5, 5.41) is 4.53. The summed E-state index contributed by atoms with van der Waals surface area (Å²) in [4.78, 5) is 0. The van der Waals surface area contributed by atoms with Gasteiger partial charge >= 0.3 is 0 Å². The molecule has 1 fully saturated rings. The van der Waals surface area contributed by atoms with E-state index in [4.69, 9.17) is 5.73 Å². The lowest BCUT2D eigenvalue weighted by atomic mass is 9.92. The third kappa shape index (κ3) is 1.46. The molecule has 0 amide bonds. The van der Waals surface area contributed by atoms with E-state index in [1.165, 1.54) is 5.69 Å². The van der Waals surface area contributed by atoms with Crippen molar-refractivity contribution in [2.24, 2.45) is 12.8 Å². The molecule has 1 aromatic heterocycles. The standard InChI is InChI=1S/C11H19N3/c1-10(2,3)8-7-9(14(4)13-8)11(12)5-6-11/h7H,5-6,12H2,1-4H3. The molecule has 2 N–H and O–H groups in total. The minimum absolute atomic E-state index is 0.0781. The fourth-order valence-electron chi connectivity index (χ4n) is 1.69. The molecular formula is C11H19N3.